The van der Waals surface area contributed by atoms with Crippen LogP contribution in [0.4, 0.5) is 11.5 Å². The van der Waals surface area contributed by atoms with Gasteiger partial charge in [-0.05, 0) is 32.4 Å². The highest BCUT2D eigenvalue weighted by molar-refractivity contribution is 5.87. The van der Waals surface area contributed by atoms with Crippen LogP contribution in [0.15, 0.2) is 12.1 Å². The molecule has 3 N–H and O–H groups in total. The third-order valence-corrected chi connectivity index (χ3v) is 2.86. The number of hydrogen-bond donors (Lipinski definition) is 2. The average Bonchev–Trinajstić information content (AvgIpc) is 2.31. The summed E-state index contributed by atoms with van der Waals surface area (Å²) in [5.41, 5.74) is 6.40. The highest BCUT2D eigenvalue weighted by Gasteiger charge is 2.17. The fraction of sp³-hybridized carbons (Fsp3) is 0.500. The zero-order valence-electron chi connectivity index (χ0n) is 10.5. The molecule has 1 heterocycles. The Morgan fingerprint density at radius 1 is 1.53 bits per heavy atom. The van der Waals surface area contributed by atoms with E-state index < -0.39 is 5.97 Å². The Labute approximate surface area is 101 Å². The van der Waals surface area contributed by atoms with E-state index in [1.807, 2.05) is 11.8 Å². The first-order valence-electron chi connectivity index (χ1n) is 5.77. The van der Waals surface area contributed by atoms with Gasteiger partial charge in [0.15, 0.2) is 11.5 Å². The normalized spacial score (nSPS) is 12.2. The van der Waals surface area contributed by atoms with E-state index in [2.05, 4.69) is 18.8 Å². The van der Waals surface area contributed by atoms with Crippen LogP contribution in [-0.4, -0.2) is 28.6 Å². The summed E-state index contributed by atoms with van der Waals surface area (Å²) in [6.45, 7) is 6.89. The summed E-state index contributed by atoms with van der Waals surface area (Å²) >= 11 is 0. The van der Waals surface area contributed by atoms with E-state index >= 15 is 0 Å². The number of carboxylic acids is 1. The molecule has 94 valence electrons. The molecule has 0 fully saturated rings. The minimum absolute atomic E-state index is 0.0240. The van der Waals surface area contributed by atoms with Gasteiger partial charge >= 0.3 is 5.97 Å². The second-order valence-electron chi connectivity index (χ2n) is 3.96. The molecule has 1 atom stereocenters. The maximum atomic E-state index is 10.9. The molecular weight excluding hydrogens is 218 g/mol. The van der Waals surface area contributed by atoms with Crippen LogP contribution in [0.25, 0.3) is 0 Å². The molecule has 0 spiro atoms. The number of hydrogen-bond acceptors (Lipinski definition) is 4. The van der Waals surface area contributed by atoms with Crippen LogP contribution in [0.3, 0.4) is 0 Å². The largest absolute Gasteiger partial charge is 0.477 e. The first-order chi connectivity index (χ1) is 8.01. The molecule has 0 saturated heterocycles. The Balaban J connectivity index is 3.17. The third kappa shape index (κ3) is 2.87. The molecular formula is C12H19N3O2. The van der Waals surface area contributed by atoms with Gasteiger partial charge in [-0.3, -0.25) is 0 Å². The van der Waals surface area contributed by atoms with E-state index in [-0.39, 0.29) is 11.7 Å². The number of anilines is 2. The van der Waals surface area contributed by atoms with Crippen molar-refractivity contribution in [1.29, 1.82) is 0 Å². The third-order valence-electron chi connectivity index (χ3n) is 2.86. The van der Waals surface area contributed by atoms with E-state index in [1.54, 1.807) is 6.07 Å². The fourth-order valence-electron chi connectivity index (χ4n) is 1.70. The predicted octanol–water partition coefficient (Wildman–Crippen LogP) is 1.99. The number of carboxylic acid groups (broad SMARTS) is 1. The maximum Gasteiger partial charge on any atom is 0.354 e. The van der Waals surface area contributed by atoms with Crippen LogP contribution in [0.1, 0.15) is 37.7 Å². The van der Waals surface area contributed by atoms with Gasteiger partial charge in [0, 0.05) is 12.6 Å². The van der Waals surface area contributed by atoms with Gasteiger partial charge in [0.1, 0.15) is 0 Å². The molecule has 0 aliphatic rings. The smallest absolute Gasteiger partial charge is 0.354 e. The highest BCUT2D eigenvalue weighted by atomic mass is 16.4. The molecule has 0 aliphatic heterocycles. The number of pyridine rings is 1. The molecule has 0 radical (unpaired) electrons. The van der Waals surface area contributed by atoms with Gasteiger partial charge in [-0.1, -0.05) is 6.92 Å². The van der Waals surface area contributed by atoms with Crippen molar-refractivity contribution in [2.24, 2.45) is 0 Å². The number of aromatic carboxylic acids is 1. The van der Waals surface area contributed by atoms with Gasteiger partial charge in [-0.15, -0.1) is 0 Å². The minimum Gasteiger partial charge on any atom is -0.477 e. The molecule has 1 unspecified atom stereocenters. The number of nitrogens with zero attached hydrogens (tertiary/aromatic N) is 2. The lowest BCUT2D eigenvalue weighted by Gasteiger charge is -2.29. The lowest BCUT2D eigenvalue weighted by atomic mass is 10.2. The van der Waals surface area contributed by atoms with E-state index in [1.165, 1.54) is 6.07 Å². The number of rotatable bonds is 5. The van der Waals surface area contributed by atoms with Crippen molar-refractivity contribution < 1.29 is 9.90 Å². The Morgan fingerprint density at radius 3 is 2.65 bits per heavy atom. The SMILES string of the molecule is CCC(C)N(CC)c1nc(C(=O)O)ccc1N. The van der Waals surface area contributed by atoms with Gasteiger partial charge in [0.25, 0.3) is 0 Å². The molecule has 0 bridgehead atoms. The summed E-state index contributed by atoms with van der Waals surface area (Å²) < 4.78 is 0. The van der Waals surface area contributed by atoms with E-state index in [0.717, 1.165) is 13.0 Å². The van der Waals surface area contributed by atoms with Crippen molar-refractivity contribution >= 4 is 17.5 Å². The number of aromatic nitrogens is 1. The molecule has 0 saturated carbocycles. The van der Waals surface area contributed by atoms with Gasteiger partial charge < -0.3 is 15.7 Å². The Hall–Kier alpha value is -1.78. The Bertz CT molecular complexity index is 407. The molecule has 5 nitrogen and oxygen atoms in total. The second kappa shape index (κ2) is 5.52. The predicted molar refractivity (Wildman–Crippen MR) is 68.4 cm³/mol. The van der Waals surface area contributed by atoms with Crippen LogP contribution in [0.2, 0.25) is 0 Å². The van der Waals surface area contributed by atoms with Crippen molar-refractivity contribution in [2.75, 3.05) is 17.2 Å². The lowest BCUT2D eigenvalue weighted by Crippen LogP contribution is -2.34. The topological polar surface area (TPSA) is 79.5 Å². The molecule has 0 aliphatic carbocycles. The van der Waals surface area contributed by atoms with Crippen LogP contribution >= 0.6 is 0 Å². The van der Waals surface area contributed by atoms with Crippen LogP contribution in [0, 0.1) is 0 Å². The van der Waals surface area contributed by atoms with E-state index in [4.69, 9.17) is 10.8 Å². The molecule has 0 aromatic carbocycles. The van der Waals surface area contributed by atoms with Crippen molar-refractivity contribution in [3.63, 3.8) is 0 Å². The van der Waals surface area contributed by atoms with Gasteiger partial charge in [0.05, 0.1) is 5.69 Å². The minimum atomic E-state index is -1.04. The summed E-state index contributed by atoms with van der Waals surface area (Å²) in [7, 11) is 0. The van der Waals surface area contributed by atoms with Crippen molar-refractivity contribution in [3.8, 4) is 0 Å². The van der Waals surface area contributed by atoms with Crippen LogP contribution in [-0.2, 0) is 0 Å². The molecule has 1 aromatic heterocycles. The number of nitrogens with two attached hydrogens (primary N) is 1. The Morgan fingerprint density at radius 2 is 2.18 bits per heavy atom. The highest BCUT2D eigenvalue weighted by Crippen LogP contribution is 2.23. The van der Waals surface area contributed by atoms with Crippen molar-refractivity contribution in [1.82, 2.24) is 4.98 Å². The summed E-state index contributed by atoms with van der Waals surface area (Å²) in [6.07, 6.45) is 0.951. The zero-order valence-corrected chi connectivity index (χ0v) is 10.5. The van der Waals surface area contributed by atoms with Gasteiger partial charge in [-0.25, -0.2) is 9.78 Å². The van der Waals surface area contributed by atoms with E-state index in [9.17, 15) is 4.79 Å². The van der Waals surface area contributed by atoms with Gasteiger partial charge in [-0.2, -0.15) is 0 Å². The molecule has 0 amide bonds. The number of carbonyl (C=O) groups is 1. The van der Waals surface area contributed by atoms with Crippen LogP contribution in [0.5, 0.6) is 0 Å². The maximum absolute atomic E-state index is 10.9. The quantitative estimate of drug-likeness (QED) is 0.818. The molecule has 17 heavy (non-hydrogen) atoms. The first kappa shape index (κ1) is 13.3. The summed E-state index contributed by atoms with van der Waals surface area (Å²) in [5, 5.41) is 8.93. The zero-order chi connectivity index (χ0) is 13.0. The molecule has 1 aromatic rings. The van der Waals surface area contributed by atoms with Gasteiger partial charge in [0.2, 0.25) is 0 Å². The number of nitrogen functional groups attached to an aromatic ring is 1. The standard InChI is InChI=1S/C12H19N3O2/c1-4-8(3)15(5-2)11-9(13)6-7-10(14-11)12(16)17/h6-8H,4-5,13H2,1-3H3,(H,16,17). The van der Waals surface area contributed by atoms with E-state index in [0.29, 0.717) is 11.5 Å². The van der Waals surface area contributed by atoms with Crippen LogP contribution < -0.4 is 10.6 Å². The van der Waals surface area contributed by atoms with Crippen molar-refractivity contribution in [3.05, 3.63) is 17.8 Å². The summed E-state index contributed by atoms with van der Waals surface area (Å²) in [4.78, 5) is 17.0. The monoisotopic (exact) mass is 237 g/mol. The summed E-state index contributed by atoms with van der Waals surface area (Å²) in [6, 6.07) is 3.29. The fourth-order valence-corrected chi connectivity index (χ4v) is 1.70. The first-order valence-corrected chi connectivity index (χ1v) is 5.77. The second-order valence-corrected chi connectivity index (χ2v) is 3.96. The molecule has 5 heteroatoms. The molecule has 1 rings (SSSR count). The Kier molecular flexibility index (Phi) is 4.31. The summed E-state index contributed by atoms with van der Waals surface area (Å²) in [5.74, 6) is -0.479. The average molecular weight is 237 g/mol. The lowest BCUT2D eigenvalue weighted by molar-refractivity contribution is 0.0690. The van der Waals surface area contributed by atoms with Crippen molar-refractivity contribution in [2.45, 2.75) is 33.2 Å².